The lowest BCUT2D eigenvalue weighted by Crippen LogP contribution is -2.03. The number of nitrogens with one attached hydrogen (secondary N) is 1. The molecule has 0 aliphatic heterocycles. The van der Waals surface area contributed by atoms with Crippen molar-refractivity contribution in [3.63, 3.8) is 0 Å². The van der Waals surface area contributed by atoms with Crippen LogP contribution in [0.5, 0.6) is 0 Å². The Hall–Kier alpha value is -1.76. The summed E-state index contributed by atoms with van der Waals surface area (Å²) in [6.07, 6.45) is 1.07. The molecule has 2 aromatic carbocycles. The maximum absolute atomic E-state index is 3.52. The number of anilines is 1. The van der Waals surface area contributed by atoms with Crippen LogP contribution < -0.4 is 5.32 Å². The van der Waals surface area contributed by atoms with Gasteiger partial charge in [0.25, 0.3) is 0 Å². The SMILES string of the molecule is CCc1ccccc1NCc1ccccc1C. The lowest BCUT2D eigenvalue weighted by atomic mass is 10.1. The molecule has 0 atom stereocenters. The maximum Gasteiger partial charge on any atom is 0.0403 e. The van der Waals surface area contributed by atoms with E-state index in [1.165, 1.54) is 22.4 Å². The summed E-state index contributed by atoms with van der Waals surface area (Å²) in [5, 5.41) is 3.52. The van der Waals surface area contributed by atoms with Gasteiger partial charge in [0.1, 0.15) is 0 Å². The number of aryl methyl sites for hydroxylation is 2. The fourth-order valence-corrected chi connectivity index (χ4v) is 2.00. The molecule has 0 aliphatic rings. The molecule has 0 fully saturated rings. The van der Waals surface area contributed by atoms with Crippen molar-refractivity contribution in [1.29, 1.82) is 0 Å². The third-order valence-electron chi connectivity index (χ3n) is 3.13. The number of para-hydroxylation sites is 1. The highest BCUT2D eigenvalue weighted by molar-refractivity contribution is 5.51. The van der Waals surface area contributed by atoms with Crippen LogP contribution in [0.3, 0.4) is 0 Å². The molecule has 2 aromatic rings. The smallest absolute Gasteiger partial charge is 0.0403 e. The molecule has 0 amide bonds. The van der Waals surface area contributed by atoms with Gasteiger partial charge in [-0.15, -0.1) is 0 Å². The minimum atomic E-state index is 0.893. The van der Waals surface area contributed by atoms with Crippen LogP contribution in [0.1, 0.15) is 23.6 Å². The van der Waals surface area contributed by atoms with E-state index in [-0.39, 0.29) is 0 Å². The molecule has 2 rings (SSSR count). The molecule has 0 bridgehead atoms. The Morgan fingerprint density at radius 1 is 0.882 bits per heavy atom. The van der Waals surface area contributed by atoms with E-state index in [9.17, 15) is 0 Å². The average molecular weight is 225 g/mol. The zero-order valence-corrected chi connectivity index (χ0v) is 10.5. The zero-order valence-electron chi connectivity index (χ0n) is 10.5. The number of rotatable bonds is 4. The second-order valence-corrected chi connectivity index (χ2v) is 4.29. The van der Waals surface area contributed by atoms with Crippen molar-refractivity contribution in [2.45, 2.75) is 26.8 Å². The lowest BCUT2D eigenvalue weighted by Gasteiger charge is -2.12. The van der Waals surface area contributed by atoms with Gasteiger partial charge in [-0.3, -0.25) is 0 Å². The Morgan fingerprint density at radius 2 is 1.53 bits per heavy atom. The molecule has 0 saturated heterocycles. The summed E-state index contributed by atoms with van der Waals surface area (Å²) in [7, 11) is 0. The Labute approximate surface area is 103 Å². The minimum absolute atomic E-state index is 0.893. The average Bonchev–Trinajstić information content (AvgIpc) is 2.38. The summed E-state index contributed by atoms with van der Waals surface area (Å²) >= 11 is 0. The van der Waals surface area contributed by atoms with Crippen LogP contribution in [-0.2, 0) is 13.0 Å². The van der Waals surface area contributed by atoms with E-state index in [2.05, 4.69) is 67.7 Å². The molecule has 0 spiro atoms. The van der Waals surface area contributed by atoms with Crippen molar-refractivity contribution >= 4 is 5.69 Å². The number of hydrogen-bond acceptors (Lipinski definition) is 1. The Morgan fingerprint density at radius 3 is 2.24 bits per heavy atom. The standard InChI is InChI=1S/C16H19N/c1-3-14-9-6-7-11-16(14)17-12-15-10-5-4-8-13(15)2/h4-11,17H,3,12H2,1-2H3. The highest BCUT2D eigenvalue weighted by atomic mass is 14.9. The molecule has 0 saturated carbocycles. The molecule has 0 heterocycles. The van der Waals surface area contributed by atoms with E-state index in [0.717, 1.165) is 13.0 Å². The molecule has 1 N–H and O–H groups in total. The normalized spacial score (nSPS) is 10.2. The van der Waals surface area contributed by atoms with Gasteiger partial charge in [-0.2, -0.15) is 0 Å². The quantitative estimate of drug-likeness (QED) is 0.823. The van der Waals surface area contributed by atoms with Crippen LogP contribution in [0.25, 0.3) is 0 Å². The molecular weight excluding hydrogens is 206 g/mol. The van der Waals surface area contributed by atoms with Crippen LogP contribution >= 0.6 is 0 Å². The Balaban J connectivity index is 2.10. The third-order valence-corrected chi connectivity index (χ3v) is 3.13. The molecule has 0 radical (unpaired) electrons. The molecule has 0 aromatic heterocycles. The molecule has 1 heteroatoms. The Bertz CT molecular complexity index is 488. The van der Waals surface area contributed by atoms with Gasteiger partial charge in [-0.1, -0.05) is 49.4 Å². The summed E-state index contributed by atoms with van der Waals surface area (Å²) in [5.41, 5.74) is 5.33. The molecule has 0 aliphatic carbocycles. The highest BCUT2D eigenvalue weighted by Crippen LogP contribution is 2.17. The van der Waals surface area contributed by atoms with E-state index < -0.39 is 0 Å². The van der Waals surface area contributed by atoms with Gasteiger partial charge >= 0.3 is 0 Å². The third kappa shape index (κ3) is 2.88. The van der Waals surface area contributed by atoms with Crippen molar-refractivity contribution in [3.05, 3.63) is 65.2 Å². The van der Waals surface area contributed by atoms with Crippen LogP contribution in [0.15, 0.2) is 48.5 Å². The van der Waals surface area contributed by atoms with Crippen LogP contribution in [0, 0.1) is 6.92 Å². The first kappa shape index (κ1) is 11.7. The van der Waals surface area contributed by atoms with E-state index in [0.29, 0.717) is 0 Å². The molecule has 0 unspecified atom stereocenters. The summed E-state index contributed by atoms with van der Waals surface area (Å²) in [6.45, 7) is 5.24. The summed E-state index contributed by atoms with van der Waals surface area (Å²) < 4.78 is 0. The fraction of sp³-hybridized carbons (Fsp3) is 0.250. The molecule has 1 nitrogen and oxygen atoms in total. The van der Waals surface area contributed by atoms with E-state index in [1.807, 2.05) is 0 Å². The number of hydrogen-bond donors (Lipinski definition) is 1. The largest absolute Gasteiger partial charge is 0.381 e. The first-order chi connectivity index (χ1) is 8.31. The molecular formula is C16H19N. The van der Waals surface area contributed by atoms with Crippen molar-refractivity contribution in [2.24, 2.45) is 0 Å². The second-order valence-electron chi connectivity index (χ2n) is 4.29. The predicted molar refractivity (Wildman–Crippen MR) is 74.3 cm³/mol. The summed E-state index contributed by atoms with van der Waals surface area (Å²) in [6, 6.07) is 17.0. The van der Waals surface area contributed by atoms with Gasteiger partial charge in [0, 0.05) is 12.2 Å². The van der Waals surface area contributed by atoms with Gasteiger partial charge in [-0.05, 0) is 36.1 Å². The van der Waals surface area contributed by atoms with Gasteiger partial charge in [0.15, 0.2) is 0 Å². The molecule has 17 heavy (non-hydrogen) atoms. The van der Waals surface area contributed by atoms with Crippen molar-refractivity contribution in [2.75, 3.05) is 5.32 Å². The van der Waals surface area contributed by atoms with E-state index in [1.54, 1.807) is 0 Å². The van der Waals surface area contributed by atoms with Crippen molar-refractivity contribution in [3.8, 4) is 0 Å². The monoisotopic (exact) mass is 225 g/mol. The van der Waals surface area contributed by atoms with E-state index >= 15 is 0 Å². The lowest BCUT2D eigenvalue weighted by molar-refractivity contribution is 1.08. The first-order valence-corrected chi connectivity index (χ1v) is 6.17. The van der Waals surface area contributed by atoms with Crippen LogP contribution in [-0.4, -0.2) is 0 Å². The van der Waals surface area contributed by atoms with Crippen molar-refractivity contribution < 1.29 is 0 Å². The topological polar surface area (TPSA) is 12.0 Å². The second kappa shape index (κ2) is 5.53. The molecule has 88 valence electrons. The van der Waals surface area contributed by atoms with Gasteiger partial charge < -0.3 is 5.32 Å². The van der Waals surface area contributed by atoms with Crippen LogP contribution in [0.2, 0.25) is 0 Å². The first-order valence-electron chi connectivity index (χ1n) is 6.17. The summed E-state index contributed by atoms with van der Waals surface area (Å²) in [5.74, 6) is 0. The van der Waals surface area contributed by atoms with Gasteiger partial charge in [-0.25, -0.2) is 0 Å². The van der Waals surface area contributed by atoms with Crippen LogP contribution in [0.4, 0.5) is 5.69 Å². The van der Waals surface area contributed by atoms with E-state index in [4.69, 9.17) is 0 Å². The Kier molecular flexibility index (Phi) is 3.81. The predicted octanol–water partition coefficient (Wildman–Crippen LogP) is 4.17. The zero-order chi connectivity index (χ0) is 12.1. The van der Waals surface area contributed by atoms with Crippen molar-refractivity contribution in [1.82, 2.24) is 0 Å². The summed E-state index contributed by atoms with van der Waals surface area (Å²) in [4.78, 5) is 0. The maximum atomic E-state index is 3.52. The number of benzene rings is 2. The van der Waals surface area contributed by atoms with Gasteiger partial charge in [0.2, 0.25) is 0 Å². The minimum Gasteiger partial charge on any atom is -0.381 e. The van der Waals surface area contributed by atoms with Gasteiger partial charge in [0.05, 0.1) is 0 Å². The fourth-order valence-electron chi connectivity index (χ4n) is 2.00. The highest BCUT2D eigenvalue weighted by Gasteiger charge is 2.00.